The molecule has 0 radical (unpaired) electrons. The molecule has 1 saturated carbocycles. The van der Waals surface area contributed by atoms with E-state index in [1.165, 1.54) is 12.8 Å². The van der Waals surface area contributed by atoms with Crippen molar-refractivity contribution in [3.8, 4) is 0 Å². The maximum Gasteiger partial charge on any atom is 0.291 e. The summed E-state index contributed by atoms with van der Waals surface area (Å²) in [6.07, 6.45) is 6.67. The number of nitrogens with one attached hydrogen (secondary N) is 1. The SMILES string of the molecule is C[C@]1(C(=O)NC2CCCCCC2)Cn2c(nc3ccccc32)C(=O)N1Cc1cccc(Cl)c1. The summed E-state index contributed by atoms with van der Waals surface area (Å²) >= 11 is 6.21. The van der Waals surface area contributed by atoms with Gasteiger partial charge in [-0.2, -0.15) is 0 Å². The minimum Gasteiger partial charge on any atom is -0.351 e. The fourth-order valence-corrected chi connectivity index (χ4v) is 5.37. The summed E-state index contributed by atoms with van der Waals surface area (Å²) in [6, 6.07) is 15.3. The lowest BCUT2D eigenvalue weighted by molar-refractivity contribution is -0.134. The summed E-state index contributed by atoms with van der Waals surface area (Å²) in [4.78, 5) is 33.9. The molecule has 0 bridgehead atoms. The standard InChI is InChI=1S/C26H29ClN4O2/c1-26(25(33)28-20-11-4-2-3-5-12-20)17-30-22-14-7-6-13-21(22)29-23(30)24(32)31(26)16-18-9-8-10-19(27)15-18/h6-10,13-15,20H,2-5,11-12,16-17H2,1H3,(H,28,33)/t26-/m1/s1. The number of halogens is 1. The Labute approximate surface area is 198 Å². The lowest BCUT2D eigenvalue weighted by Gasteiger charge is -2.44. The molecule has 0 saturated heterocycles. The van der Waals surface area contributed by atoms with E-state index in [4.69, 9.17) is 11.6 Å². The van der Waals surface area contributed by atoms with Crippen molar-refractivity contribution in [2.75, 3.05) is 0 Å². The molecule has 7 heteroatoms. The van der Waals surface area contributed by atoms with Gasteiger partial charge in [-0.15, -0.1) is 0 Å². The van der Waals surface area contributed by atoms with E-state index in [0.717, 1.165) is 42.3 Å². The Hall–Kier alpha value is -2.86. The third kappa shape index (κ3) is 4.12. The van der Waals surface area contributed by atoms with Crippen molar-refractivity contribution in [1.82, 2.24) is 19.8 Å². The Morgan fingerprint density at radius 1 is 1.12 bits per heavy atom. The number of imidazole rings is 1. The molecule has 0 spiro atoms. The van der Waals surface area contributed by atoms with Crippen molar-refractivity contribution in [2.24, 2.45) is 0 Å². The predicted molar refractivity (Wildman–Crippen MR) is 129 cm³/mol. The lowest BCUT2D eigenvalue weighted by atomic mass is 9.93. The van der Waals surface area contributed by atoms with E-state index in [0.29, 0.717) is 17.4 Å². The van der Waals surface area contributed by atoms with E-state index < -0.39 is 5.54 Å². The van der Waals surface area contributed by atoms with Crippen LogP contribution in [0.25, 0.3) is 11.0 Å². The summed E-state index contributed by atoms with van der Waals surface area (Å²) in [5, 5.41) is 3.90. The molecular weight excluding hydrogens is 436 g/mol. The smallest absolute Gasteiger partial charge is 0.291 e. The molecule has 1 aromatic heterocycles. The minimum atomic E-state index is -1.05. The summed E-state index contributed by atoms with van der Waals surface area (Å²) in [6.45, 7) is 2.52. The Morgan fingerprint density at radius 3 is 2.64 bits per heavy atom. The molecule has 6 nitrogen and oxygen atoms in total. The van der Waals surface area contributed by atoms with Crippen molar-refractivity contribution in [3.63, 3.8) is 0 Å². The van der Waals surface area contributed by atoms with Crippen molar-refractivity contribution < 1.29 is 9.59 Å². The third-order valence-electron chi connectivity index (χ3n) is 7.06. The first-order valence-corrected chi connectivity index (χ1v) is 12.2. The molecule has 3 aromatic rings. The number of carbonyl (C=O) groups excluding carboxylic acids is 2. The molecule has 1 aliphatic carbocycles. The zero-order chi connectivity index (χ0) is 23.0. The van der Waals surface area contributed by atoms with E-state index in [9.17, 15) is 9.59 Å². The zero-order valence-corrected chi connectivity index (χ0v) is 19.6. The quantitative estimate of drug-likeness (QED) is 0.556. The number of carbonyl (C=O) groups is 2. The number of aromatic nitrogens is 2. The number of para-hydroxylation sites is 2. The van der Waals surface area contributed by atoms with Crippen LogP contribution in [0.5, 0.6) is 0 Å². The Morgan fingerprint density at radius 2 is 1.88 bits per heavy atom. The molecule has 2 aromatic carbocycles. The maximum absolute atomic E-state index is 13.8. The number of rotatable bonds is 4. The van der Waals surface area contributed by atoms with E-state index >= 15 is 0 Å². The third-order valence-corrected chi connectivity index (χ3v) is 7.30. The minimum absolute atomic E-state index is 0.104. The first-order valence-electron chi connectivity index (χ1n) is 11.8. The highest BCUT2D eigenvalue weighted by Gasteiger charge is 2.48. The molecule has 172 valence electrons. The van der Waals surface area contributed by atoms with Crippen molar-refractivity contribution in [1.29, 1.82) is 0 Å². The molecule has 33 heavy (non-hydrogen) atoms. The average Bonchev–Trinajstić information content (AvgIpc) is 2.97. The van der Waals surface area contributed by atoms with Crippen LogP contribution < -0.4 is 5.32 Å². The molecule has 2 heterocycles. The summed E-state index contributed by atoms with van der Waals surface area (Å²) in [5.74, 6) is 0.0297. The highest BCUT2D eigenvalue weighted by atomic mass is 35.5. The van der Waals surface area contributed by atoms with E-state index in [2.05, 4.69) is 10.3 Å². The number of amides is 2. The van der Waals surface area contributed by atoms with Gasteiger partial charge in [-0.25, -0.2) is 4.98 Å². The number of hydrogen-bond acceptors (Lipinski definition) is 3. The van der Waals surface area contributed by atoms with Gasteiger partial charge in [-0.3, -0.25) is 9.59 Å². The van der Waals surface area contributed by atoms with Gasteiger partial charge < -0.3 is 14.8 Å². The first-order chi connectivity index (χ1) is 16.0. The Bertz CT molecular complexity index is 1200. The van der Waals surface area contributed by atoms with Crippen LogP contribution in [-0.2, 0) is 17.9 Å². The van der Waals surface area contributed by atoms with Gasteiger partial charge in [0, 0.05) is 17.6 Å². The number of hydrogen-bond donors (Lipinski definition) is 1. The van der Waals surface area contributed by atoms with Crippen LogP contribution in [0.1, 0.15) is 61.6 Å². The van der Waals surface area contributed by atoms with E-state index in [1.807, 2.05) is 54.0 Å². The Balaban J connectivity index is 1.54. The second kappa shape index (κ2) is 8.82. The first kappa shape index (κ1) is 22.0. The Kier molecular flexibility index (Phi) is 5.87. The van der Waals surface area contributed by atoms with Gasteiger partial charge in [-0.05, 0) is 49.6 Å². The largest absolute Gasteiger partial charge is 0.351 e. The second-order valence-corrected chi connectivity index (χ2v) is 9.90. The van der Waals surface area contributed by atoms with E-state index in [-0.39, 0.29) is 24.4 Å². The number of benzene rings is 2. The monoisotopic (exact) mass is 464 g/mol. The van der Waals surface area contributed by atoms with Crippen LogP contribution in [0.3, 0.4) is 0 Å². The van der Waals surface area contributed by atoms with Crippen LogP contribution in [0.4, 0.5) is 0 Å². The normalized spacial score (nSPS) is 21.6. The molecule has 2 amide bonds. The van der Waals surface area contributed by atoms with Crippen molar-refractivity contribution in [2.45, 2.75) is 70.1 Å². The lowest BCUT2D eigenvalue weighted by Crippen LogP contribution is -2.64. The van der Waals surface area contributed by atoms with Gasteiger partial charge in [0.25, 0.3) is 5.91 Å². The van der Waals surface area contributed by atoms with Gasteiger partial charge >= 0.3 is 0 Å². The van der Waals surface area contributed by atoms with Crippen LogP contribution >= 0.6 is 11.6 Å². The van der Waals surface area contributed by atoms with Gasteiger partial charge in [0.05, 0.1) is 17.6 Å². The molecule has 5 rings (SSSR count). The van der Waals surface area contributed by atoms with Gasteiger partial charge in [0.2, 0.25) is 5.91 Å². The molecule has 1 atom stereocenters. The molecule has 1 aliphatic heterocycles. The predicted octanol–water partition coefficient (Wildman–Crippen LogP) is 4.94. The second-order valence-electron chi connectivity index (χ2n) is 9.47. The number of fused-ring (bicyclic) bond motifs is 3. The van der Waals surface area contributed by atoms with E-state index in [1.54, 1.807) is 11.0 Å². The summed E-state index contributed by atoms with van der Waals surface area (Å²) < 4.78 is 1.90. The summed E-state index contributed by atoms with van der Waals surface area (Å²) in [7, 11) is 0. The van der Waals surface area contributed by atoms with Crippen molar-refractivity contribution >= 4 is 34.4 Å². The molecular formula is C26H29ClN4O2. The van der Waals surface area contributed by atoms with Crippen LogP contribution in [-0.4, -0.2) is 37.8 Å². The van der Waals surface area contributed by atoms with Crippen LogP contribution in [0, 0.1) is 0 Å². The van der Waals surface area contributed by atoms with Crippen LogP contribution in [0.2, 0.25) is 5.02 Å². The molecule has 0 unspecified atom stereocenters. The maximum atomic E-state index is 13.8. The molecule has 1 fully saturated rings. The van der Waals surface area contributed by atoms with Gasteiger partial charge in [-0.1, -0.05) is 61.5 Å². The number of nitrogens with zero attached hydrogens (tertiary/aromatic N) is 3. The highest BCUT2D eigenvalue weighted by molar-refractivity contribution is 6.30. The van der Waals surface area contributed by atoms with Crippen LogP contribution in [0.15, 0.2) is 48.5 Å². The fourth-order valence-electron chi connectivity index (χ4n) is 5.16. The zero-order valence-electron chi connectivity index (χ0n) is 18.9. The highest BCUT2D eigenvalue weighted by Crippen LogP contribution is 2.32. The average molecular weight is 465 g/mol. The van der Waals surface area contributed by atoms with Gasteiger partial charge in [0.15, 0.2) is 5.82 Å². The summed E-state index contributed by atoms with van der Waals surface area (Å²) in [5.41, 5.74) is 1.46. The fraction of sp³-hybridized carbons (Fsp3) is 0.423. The molecule has 2 aliphatic rings. The van der Waals surface area contributed by atoms with Gasteiger partial charge in [0.1, 0.15) is 5.54 Å². The van der Waals surface area contributed by atoms with Crippen molar-refractivity contribution in [3.05, 3.63) is 64.9 Å². The topological polar surface area (TPSA) is 67.2 Å². The molecule has 1 N–H and O–H groups in total.